The summed E-state index contributed by atoms with van der Waals surface area (Å²) < 4.78 is 5.34. The third-order valence-corrected chi connectivity index (χ3v) is 5.87. The summed E-state index contributed by atoms with van der Waals surface area (Å²) in [5, 5.41) is 10.0. The van der Waals surface area contributed by atoms with Crippen LogP contribution in [0.1, 0.15) is 40.1 Å². The van der Waals surface area contributed by atoms with E-state index in [0.29, 0.717) is 44.6 Å². The first kappa shape index (κ1) is 20.2. The molecule has 6 heteroatoms. The Kier molecular flexibility index (Phi) is 5.35. The van der Waals surface area contributed by atoms with Crippen molar-refractivity contribution in [1.29, 1.82) is 0 Å². The highest BCUT2D eigenvalue weighted by atomic mass is 16.3. The zero-order chi connectivity index (χ0) is 21.3. The summed E-state index contributed by atoms with van der Waals surface area (Å²) in [6.45, 7) is 7.66. The predicted molar refractivity (Wildman–Crippen MR) is 115 cm³/mol. The number of furan rings is 1. The molecule has 0 bridgehead atoms. The Labute approximate surface area is 176 Å². The van der Waals surface area contributed by atoms with Crippen LogP contribution in [0.25, 0.3) is 11.6 Å². The molecule has 2 fully saturated rings. The zero-order valence-corrected chi connectivity index (χ0v) is 17.1. The highest BCUT2D eigenvalue weighted by Gasteiger charge is 2.50. The minimum Gasteiger partial charge on any atom is -0.469 e. The number of nitrogens with zero attached hydrogens (tertiary/aromatic N) is 2. The molecule has 1 saturated carbocycles. The third-order valence-electron chi connectivity index (χ3n) is 5.87. The first-order valence-electron chi connectivity index (χ1n) is 10.2. The maximum atomic E-state index is 12.9. The molecule has 4 rings (SSSR count). The average Bonchev–Trinajstić information content (AvgIpc) is 3.41. The molecule has 156 valence electrons. The lowest BCUT2D eigenvalue weighted by Crippen LogP contribution is -2.53. The average molecular weight is 406 g/mol. The molecule has 1 N–H and O–H groups in total. The van der Waals surface area contributed by atoms with Crippen molar-refractivity contribution in [1.82, 2.24) is 9.80 Å². The Hall–Kier alpha value is -3.12. The summed E-state index contributed by atoms with van der Waals surface area (Å²) in [5.74, 6) is 0.594. The number of carbonyl (C=O) groups is 2. The number of amides is 2. The molecule has 2 heterocycles. The highest BCUT2D eigenvalue weighted by molar-refractivity contribution is 5.96. The maximum absolute atomic E-state index is 12.9. The van der Waals surface area contributed by atoms with E-state index >= 15 is 0 Å². The SMILES string of the molecule is C=C/C(=C\c1ccoc1C)c1ccc(C(=O)N2CCN(C(=O)C3(O)CC3)CC2)cc1. The van der Waals surface area contributed by atoms with Gasteiger partial charge in [0.2, 0.25) is 0 Å². The Morgan fingerprint density at radius 2 is 1.63 bits per heavy atom. The second-order valence-corrected chi connectivity index (χ2v) is 7.93. The summed E-state index contributed by atoms with van der Waals surface area (Å²) in [5.41, 5.74) is 2.38. The van der Waals surface area contributed by atoms with Gasteiger partial charge in [0.15, 0.2) is 0 Å². The van der Waals surface area contributed by atoms with E-state index in [4.69, 9.17) is 4.42 Å². The summed E-state index contributed by atoms with van der Waals surface area (Å²) in [4.78, 5) is 28.5. The highest BCUT2D eigenvalue weighted by Crippen LogP contribution is 2.37. The monoisotopic (exact) mass is 406 g/mol. The molecule has 6 nitrogen and oxygen atoms in total. The molecule has 1 aliphatic heterocycles. The van der Waals surface area contributed by atoms with Crippen molar-refractivity contribution in [3.05, 3.63) is 71.7 Å². The zero-order valence-electron chi connectivity index (χ0n) is 17.1. The van der Waals surface area contributed by atoms with Gasteiger partial charge in [-0.25, -0.2) is 0 Å². The van der Waals surface area contributed by atoms with E-state index in [2.05, 4.69) is 6.58 Å². The number of allylic oxidation sites excluding steroid dienone is 2. The molecule has 0 radical (unpaired) electrons. The van der Waals surface area contributed by atoms with Gasteiger partial charge in [-0.2, -0.15) is 0 Å². The Balaban J connectivity index is 1.41. The van der Waals surface area contributed by atoms with Crippen LogP contribution in [0.3, 0.4) is 0 Å². The van der Waals surface area contributed by atoms with Crippen LogP contribution < -0.4 is 0 Å². The quantitative estimate of drug-likeness (QED) is 0.775. The minimum absolute atomic E-state index is 0.0476. The van der Waals surface area contributed by atoms with E-state index in [1.165, 1.54) is 0 Å². The fraction of sp³-hybridized carbons (Fsp3) is 0.333. The van der Waals surface area contributed by atoms with Crippen LogP contribution in [-0.4, -0.2) is 58.5 Å². The summed E-state index contributed by atoms with van der Waals surface area (Å²) in [6, 6.07) is 9.38. The number of benzene rings is 1. The van der Waals surface area contributed by atoms with Crippen LogP contribution >= 0.6 is 0 Å². The predicted octanol–water partition coefficient (Wildman–Crippen LogP) is 3.12. The minimum atomic E-state index is -1.15. The van der Waals surface area contributed by atoms with Gasteiger partial charge in [0.25, 0.3) is 11.8 Å². The van der Waals surface area contributed by atoms with Gasteiger partial charge in [-0.3, -0.25) is 9.59 Å². The lowest BCUT2D eigenvalue weighted by Gasteiger charge is -2.35. The Morgan fingerprint density at radius 1 is 1.03 bits per heavy atom. The molecule has 2 aromatic rings. The van der Waals surface area contributed by atoms with Crippen LogP contribution in [0.5, 0.6) is 0 Å². The molecule has 0 spiro atoms. The van der Waals surface area contributed by atoms with E-state index in [-0.39, 0.29) is 11.8 Å². The molecule has 1 aromatic heterocycles. The second-order valence-electron chi connectivity index (χ2n) is 7.93. The lowest BCUT2D eigenvalue weighted by molar-refractivity contribution is -0.143. The Morgan fingerprint density at radius 3 is 2.17 bits per heavy atom. The van der Waals surface area contributed by atoms with Crippen molar-refractivity contribution in [2.24, 2.45) is 0 Å². The lowest BCUT2D eigenvalue weighted by atomic mass is 10.0. The molecule has 2 aliphatic rings. The molecule has 0 unspecified atom stereocenters. The Bertz CT molecular complexity index is 990. The van der Waals surface area contributed by atoms with E-state index in [0.717, 1.165) is 22.5 Å². The van der Waals surface area contributed by atoms with Crippen LogP contribution in [0, 0.1) is 6.92 Å². The fourth-order valence-corrected chi connectivity index (χ4v) is 3.70. The van der Waals surface area contributed by atoms with E-state index in [1.54, 1.807) is 22.1 Å². The van der Waals surface area contributed by atoms with Crippen molar-refractivity contribution in [2.45, 2.75) is 25.4 Å². The molecule has 2 amide bonds. The molecule has 1 saturated heterocycles. The first-order valence-corrected chi connectivity index (χ1v) is 10.2. The van der Waals surface area contributed by atoms with Crippen LogP contribution in [0.2, 0.25) is 0 Å². The van der Waals surface area contributed by atoms with Gasteiger partial charge in [-0.05, 0) is 55.2 Å². The van der Waals surface area contributed by atoms with E-state index in [1.807, 2.05) is 43.3 Å². The van der Waals surface area contributed by atoms with Gasteiger partial charge in [0.1, 0.15) is 11.4 Å². The van der Waals surface area contributed by atoms with Crippen molar-refractivity contribution in [2.75, 3.05) is 26.2 Å². The number of aryl methyl sites for hydroxylation is 1. The summed E-state index contributed by atoms with van der Waals surface area (Å²) >= 11 is 0. The van der Waals surface area contributed by atoms with Gasteiger partial charge in [0, 0.05) is 37.3 Å². The molecule has 1 aromatic carbocycles. The molecule has 1 aliphatic carbocycles. The summed E-state index contributed by atoms with van der Waals surface area (Å²) in [7, 11) is 0. The first-order chi connectivity index (χ1) is 14.4. The number of carbonyl (C=O) groups excluding carboxylic acids is 2. The van der Waals surface area contributed by atoms with Crippen molar-refractivity contribution < 1.29 is 19.1 Å². The van der Waals surface area contributed by atoms with E-state index < -0.39 is 5.60 Å². The largest absolute Gasteiger partial charge is 0.469 e. The van der Waals surface area contributed by atoms with Crippen molar-refractivity contribution in [3.63, 3.8) is 0 Å². The van der Waals surface area contributed by atoms with Gasteiger partial charge in [-0.1, -0.05) is 24.8 Å². The number of piperazine rings is 1. The standard InChI is InChI=1S/C24H26N2O4/c1-3-18(16-21-8-15-30-17(21)2)19-4-6-20(7-5-19)22(27)25-11-13-26(14-12-25)23(28)24(29)9-10-24/h3-8,15-16,29H,1,9-14H2,2H3/b18-16+. The van der Waals surface area contributed by atoms with E-state index in [9.17, 15) is 14.7 Å². The molecular weight excluding hydrogens is 380 g/mol. The number of aliphatic hydroxyl groups is 1. The number of rotatable bonds is 5. The molecule has 30 heavy (non-hydrogen) atoms. The van der Waals surface area contributed by atoms with Crippen LogP contribution in [0.4, 0.5) is 0 Å². The van der Waals surface area contributed by atoms with Crippen LogP contribution in [0.15, 0.2) is 53.7 Å². The van der Waals surface area contributed by atoms with Gasteiger partial charge in [-0.15, -0.1) is 0 Å². The molecule has 0 atom stereocenters. The number of hydrogen-bond acceptors (Lipinski definition) is 4. The molecular formula is C24H26N2O4. The van der Waals surface area contributed by atoms with Gasteiger partial charge in [0.05, 0.1) is 6.26 Å². The van der Waals surface area contributed by atoms with Gasteiger partial charge >= 0.3 is 0 Å². The maximum Gasteiger partial charge on any atom is 0.254 e. The van der Waals surface area contributed by atoms with Gasteiger partial charge < -0.3 is 19.3 Å². The topological polar surface area (TPSA) is 74.0 Å². The fourth-order valence-electron chi connectivity index (χ4n) is 3.70. The van der Waals surface area contributed by atoms with Crippen molar-refractivity contribution in [3.8, 4) is 0 Å². The normalized spacial score (nSPS) is 18.3. The van der Waals surface area contributed by atoms with Crippen LogP contribution in [-0.2, 0) is 4.79 Å². The third kappa shape index (κ3) is 3.96. The second kappa shape index (κ2) is 7.95. The number of hydrogen-bond donors (Lipinski definition) is 1. The smallest absolute Gasteiger partial charge is 0.254 e. The van der Waals surface area contributed by atoms with Crippen molar-refractivity contribution >= 4 is 23.5 Å². The summed E-state index contributed by atoms with van der Waals surface area (Å²) in [6.07, 6.45) is 6.53.